The van der Waals surface area contributed by atoms with Gasteiger partial charge in [-0.05, 0) is 56.5 Å². The van der Waals surface area contributed by atoms with Crippen LogP contribution in [0.5, 0.6) is 5.75 Å². The van der Waals surface area contributed by atoms with Crippen LogP contribution in [0.1, 0.15) is 59.9 Å². The van der Waals surface area contributed by atoms with Gasteiger partial charge < -0.3 is 14.4 Å². The summed E-state index contributed by atoms with van der Waals surface area (Å²) in [4.78, 5) is 37.7. The molecule has 0 bridgehead atoms. The molecule has 0 saturated carbocycles. The molecule has 0 spiro atoms. The van der Waals surface area contributed by atoms with Crippen molar-refractivity contribution in [1.29, 1.82) is 10.5 Å². The zero-order valence-electron chi connectivity index (χ0n) is 23.3. The van der Waals surface area contributed by atoms with Crippen LogP contribution in [0, 0.1) is 28.7 Å². The zero-order valence-corrected chi connectivity index (χ0v) is 27.8. The Kier molecular flexibility index (Phi) is 14.6. The fraction of sp³-hybridized carbons (Fsp3) is 0.281. The number of rotatable bonds is 8. The molecule has 8 nitrogen and oxygen atoms in total. The first-order valence-corrected chi connectivity index (χ1v) is 13.9. The molecule has 1 aliphatic heterocycles. The summed E-state index contributed by atoms with van der Waals surface area (Å²) in [5.41, 5.74) is 2.27. The van der Waals surface area contributed by atoms with Crippen molar-refractivity contribution in [1.82, 2.24) is 4.90 Å². The fourth-order valence-electron chi connectivity index (χ4n) is 4.08. The number of esters is 1. The van der Waals surface area contributed by atoms with E-state index in [1.54, 1.807) is 78.6 Å². The number of hydrogen-bond acceptors (Lipinski definition) is 7. The molecule has 1 unspecified atom stereocenters. The first kappa shape index (κ1) is 34.8. The van der Waals surface area contributed by atoms with Crippen molar-refractivity contribution < 1.29 is 56.6 Å². The third kappa shape index (κ3) is 10.2. The van der Waals surface area contributed by atoms with Gasteiger partial charge >= 0.3 is 5.97 Å². The number of halogens is 1. The van der Waals surface area contributed by atoms with E-state index in [2.05, 4.69) is 22.0 Å². The van der Waals surface area contributed by atoms with E-state index < -0.39 is 18.2 Å². The normalized spacial score (nSPS) is 13.9. The van der Waals surface area contributed by atoms with Gasteiger partial charge in [-0.1, -0.05) is 40.2 Å². The van der Waals surface area contributed by atoms with E-state index >= 15 is 0 Å². The molecule has 1 saturated heterocycles. The van der Waals surface area contributed by atoms with E-state index in [4.69, 9.17) is 20.0 Å². The Morgan fingerprint density at radius 2 is 1.52 bits per heavy atom. The largest absolute Gasteiger partial charge is 0.500 e. The second-order valence-corrected chi connectivity index (χ2v) is 10.2. The Morgan fingerprint density at radius 1 is 0.929 bits per heavy atom. The number of nitriles is 2. The minimum absolute atomic E-state index is 0. The smallest absolute Gasteiger partial charge is 0.352 e. The van der Waals surface area contributed by atoms with Crippen LogP contribution in [0.15, 0.2) is 72.8 Å². The number of ketones is 1. The molecule has 1 radical (unpaired) electrons. The van der Waals surface area contributed by atoms with Gasteiger partial charge in [0, 0.05) is 57.1 Å². The predicted molar refractivity (Wildman–Crippen MR) is 155 cm³/mol. The summed E-state index contributed by atoms with van der Waals surface area (Å²) in [6, 6.07) is 27.4. The van der Waals surface area contributed by atoms with Crippen molar-refractivity contribution in [2.75, 3.05) is 13.1 Å². The van der Waals surface area contributed by atoms with Gasteiger partial charge in [-0.3, -0.25) is 9.59 Å². The molecule has 3 aromatic rings. The third-order valence-electron chi connectivity index (χ3n) is 6.18. The number of carbonyl (C=O) groups excluding carboxylic acids is 3. The van der Waals surface area contributed by atoms with Gasteiger partial charge in [0.1, 0.15) is 5.78 Å². The molecular formula is C32H29BrN3O5Y-. The second-order valence-electron chi connectivity index (χ2n) is 9.28. The van der Waals surface area contributed by atoms with Crippen molar-refractivity contribution in [3.8, 4) is 17.9 Å². The summed E-state index contributed by atoms with van der Waals surface area (Å²) in [5.74, 6) is -0.491. The number of alkyl halides is 1. The number of nitrogens with zero attached hydrogens (tertiary/aromatic N) is 3. The number of Topliss-reactive ketones (excluding diaryl/α,β-unsaturated/α-hetero) is 1. The molecule has 10 heteroatoms. The first-order valence-electron chi connectivity index (χ1n) is 13.0. The Hall–Kier alpha value is -3.37. The maximum atomic E-state index is 12.9. The fourth-order valence-corrected chi connectivity index (χ4v) is 4.37. The summed E-state index contributed by atoms with van der Waals surface area (Å²) >= 11 is 3.25. The number of carbonyl (C=O) groups is 3. The van der Waals surface area contributed by atoms with Crippen LogP contribution in [-0.4, -0.2) is 41.8 Å². The summed E-state index contributed by atoms with van der Waals surface area (Å²) in [7, 11) is 0. The summed E-state index contributed by atoms with van der Waals surface area (Å²) in [6.07, 6.45) is -0.0947. The van der Waals surface area contributed by atoms with Crippen LogP contribution in [0.25, 0.3) is 0 Å². The van der Waals surface area contributed by atoms with Crippen LogP contribution in [0.2, 0.25) is 0 Å². The maximum absolute atomic E-state index is 12.9. The van der Waals surface area contributed by atoms with Crippen molar-refractivity contribution in [3.05, 3.63) is 101 Å². The molecule has 42 heavy (non-hydrogen) atoms. The van der Waals surface area contributed by atoms with E-state index in [-0.39, 0.29) is 49.2 Å². The molecule has 0 aromatic heterocycles. The molecule has 213 valence electrons. The van der Waals surface area contributed by atoms with Gasteiger partial charge in [0.25, 0.3) is 5.91 Å². The maximum Gasteiger partial charge on any atom is 0.352 e. The summed E-state index contributed by atoms with van der Waals surface area (Å²) in [5, 5.41) is 17.8. The molecule has 3 atom stereocenters. The molecule has 1 aliphatic rings. The molecule has 1 amide bonds. The number of likely N-dealkylation sites (tertiary alicyclic amines) is 1. The minimum atomic E-state index is -1.11. The van der Waals surface area contributed by atoms with Gasteiger partial charge in [-0.15, -0.1) is 12.1 Å². The quantitative estimate of drug-likeness (QED) is 0.170. The summed E-state index contributed by atoms with van der Waals surface area (Å²) < 4.78 is 11.2. The SMILES string of the molecule is CC(=O)C(Br)c1cccc(C#N)c1.C[C@H](OC(=O)[C@H](Oc1[c-]cccc1)c1cccc(C#N)c1)C(=O)N1CCCC1.[Y]. The third-order valence-corrected chi connectivity index (χ3v) is 7.36. The van der Waals surface area contributed by atoms with Gasteiger partial charge in [-0.25, -0.2) is 4.79 Å². The van der Waals surface area contributed by atoms with E-state index in [0.29, 0.717) is 35.5 Å². The standard InChI is InChI=1S/C22H21N2O4.C10H8BrNO.Y/c1-16(21(25)24-12-5-6-13-24)27-22(26)20(28-19-10-3-2-4-11-19)18-9-7-8-17(14-18)15-23;1-7(13)10(11)9-4-2-3-8(5-9)6-12;/h2-4,7-10,14,16,20H,5-6,12-13H2,1H3;2-5,10H,1H3;/q-1;;/t16-,20+;;/m0../s1. The van der Waals surface area contributed by atoms with Crippen molar-refractivity contribution in [2.24, 2.45) is 0 Å². The average Bonchev–Trinajstić information content (AvgIpc) is 3.55. The second kappa shape index (κ2) is 17.6. The van der Waals surface area contributed by atoms with E-state index in [0.717, 1.165) is 18.4 Å². The van der Waals surface area contributed by atoms with Crippen LogP contribution in [0.3, 0.4) is 0 Å². The van der Waals surface area contributed by atoms with Crippen LogP contribution in [-0.2, 0) is 51.8 Å². The Bertz CT molecular complexity index is 1450. The molecule has 4 rings (SSSR count). The van der Waals surface area contributed by atoms with Gasteiger partial charge in [0.15, 0.2) is 6.10 Å². The molecule has 0 N–H and O–H groups in total. The molecule has 1 fully saturated rings. The first-order chi connectivity index (χ1) is 19.7. The molecule has 0 aliphatic carbocycles. The van der Waals surface area contributed by atoms with Crippen LogP contribution >= 0.6 is 15.9 Å². The van der Waals surface area contributed by atoms with E-state index in [9.17, 15) is 14.4 Å². The van der Waals surface area contributed by atoms with E-state index in [1.165, 1.54) is 6.92 Å². The van der Waals surface area contributed by atoms with E-state index in [1.807, 2.05) is 18.2 Å². The van der Waals surface area contributed by atoms with Crippen molar-refractivity contribution >= 4 is 33.6 Å². The number of ether oxygens (including phenoxy) is 2. The average molecular weight is 704 g/mol. The van der Waals surface area contributed by atoms with Crippen LogP contribution < -0.4 is 4.74 Å². The topological polar surface area (TPSA) is 120 Å². The van der Waals surface area contributed by atoms with Crippen molar-refractivity contribution in [2.45, 2.75) is 43.7 Å². The summed E-state index contributed by atoms with van der Waals surface area (Å²) in [6.45, 7) is 4.45. The van der Waals surface area contributed by atoms with Gasteiger partial charge in [0.2, 0.25) is 6.10 Å². The minimum Gasteiger partial charge on any atom is -0.500 e. The Morgan fingerprint density at radius 3 is 2.07 bits per heavy atom. The monoisotopic (exact) mass is 703 g/mol. The van der Waals surface area contributed by atoms with Crippen molar-refractivity contribution in [3.63, 3.8) is 0 Å². The number of benzene rings is 3. The van der Waals surface area contributed by atoms with Crippen LogP contribution in [0.4, 0.5) is 0 Å². The number of amides is 1. The Balaban J connectivity index is 0.000000371. The molecule has 3 aromatic carbocycles. The zero-order chi connectivity index (χ0) is 29.8. The van der Waals surface area contributed by atoms with Gasteiger partial charge in [0.05, 0.1) is 28.1 Å². The molecular weight excluding hydrogens is 675 g/mol. The Labute approximate surface area is 279 Å². The number of hydrogen-bond donors (Lipinski definition) is 0. The van der Waals surface area contributed by atoms with Gasteiger partial charge in [-0.2, -0.15) is 28.7 Å². The number of para-hydroxylation sites is 1. The predicted octanol–water partition coefficient (Wildman–Crippen LogP) is 5.61. The molecule has 1 heterocycles.